The number of likely N-dealkylation sites (tertiary alicyclic amines) is 1. The molecule has 352 valence electrons. The Kier molecular flexibility index (Phi) is 13.8. The van der Waals surface area contributed by atoms with Crippen molar-refractivity contribution in [1.29, 1.82) is 0 Å². The van der Waals surface area contributed by atoms with E-state index in [1.54, 1.807) is 18.2 Å². The summed E-state index contributed by atoms with van der Waals surface area (Å²) in [4.78, 5) is 91.0. The molecule has 3 aromatic rings. The summed E-state index contributed by atoms with van der Waals surface area (Å²) >= 11 is 0. The van der Waals surface area contributed by atoms with E-state index in [1.165, 1.54) is 31.3 Å². The van der Waals surface area contributed by atoms with Gasteiger partial charge in [-0.25, -0.2) is 9.37 Å². The minimum absolute atomic E-state index is 0.0210. The molecule has 4 N–H and O–H groups in total. The van der Waals surface area contributed by atoms with E-state index in [-0.39, 0.29) is 70.5 Å². The molecule has 20 heteroatoms. The maximum absolute atomic E-state index is 15.6. The summed E-state index contributed by atoms with van der Waals surface area (Å²) in [5.41, 5.74) is 1.11. The largest absolute Gasteiger partial charge is 0.495 e. The number of rotatable bonds is 16. The fraction of sp³-hybridized carbons (Fsp3) is 0.522. The van der Waals surface area contributed by atoms with E-state index in [0.717, 1.165) is 80.4 Å². The standard InChI is InChI=1S/C46H55F3N10O7/c1-56-35-25-51-45(55-39(35)58(28-11-6-7-12-28)26-46(48,49)44(56)65)53-33-24-31(47)30(23-36(33)66-2)40(61)52-27-17-21-57(22-18-27)20-9-5-3-4-8-19-50-32-14-10-13-29-38(32)43(64)59(42(29)63)34-15-16-37(60)54-41(34)62/h10,13-14,23-25,27-28,34,50H,3-9,11-12,15-22,26H2,1-2H3,(H,52,61)(H,51,53,55)(H,54,60,62). The average Bonchev–Trinajstić information content (AvgIpc) is 3.91. The topological polar surface area (TPSA) is 199 Å². The molecule has 0 radical (unpaired) electrons. The smallest absolute Gasteiger partial charge is 0.342 e. The molecular formula is C46H55F3N10O7. The Hall–Kier alpha value is -6.31. The van der Waals surface area contributed by atoms with Gasteiger partial charge in [0.25, 0.3) is 23.6 Å². The number of amides is 6. The summed E-state index contributed by atoms with van der Waals surface area (Å²) in [6.45, 7) is 2.28. The molecule has 1 atom stereocenters. The Morgan fingerprint density at radius 2 is 1.68 bits per heavy atom. The number of ether oxygens (including phenoxy) is 1. The monoisotopic (exact) mass is 916 g/mol. The van der Waals surface area contributed by atoms with Gasteiger partial charge < -0.3 is 35.4 Å². The molecule has 1 aliphatic carbocycles. The summed E-state index contributed by atoms with van der Waals surface area (Å²) in [5.74, 6) is -8.18. The molecule has 2 aromatic carbocycles. The van der Waals surface area contributed by atoms with Crippen LogP contribution in [0.25, 0.3) is 0 Å². The van der Waals surface area contributed by atoms with Crippen molar-refractivity contribution in [3.05, 3.63) is 59.0 Å². The second-order valence-electron chi connectivity index (χ2n) is 17.7. The normalized spacial score (nSPS) is 20.3. The second-order valence-corrected chi connectivity index (χ2v) is 17.7. The van der Waals surface area contributed by atoms with Gasteiger partial charge in [-0.1, -0.05) is 38.2 Å². The molecule has 5 aliphatic rings. The fourth-order valence-electron chi connectivity index (χ4n) is 9.66. The Morgan fingerprint density at radius 3 is 2.42 bits per heavy atom. The van der Waals surface area contributed by atoms with Gasteiger partial charge in [-0.2, -0.15) is 13.8 Å². The van der Waals surface area contributed by atoms with Gasteiger partial charge in [0.1, 0.15) is 23.3 Å². The van der Waals surface area contributed by atoms with E-state index >= 15 is 13.2 Å². The highest BCUT2D eigenvalue weighted by Crippen LogP contribution is 2.40. The molecule has 3 fully saturated rings. The lowest BCUT2D eigenvalue weighted by Gasteiger charge is -2.32. The number of halogens is 3. The van der Waals surface area contributed by atoms with Gasteiger partial charge in [0.15, 0.2) is 5.82 Å². The van der Waals surface area contributed by atoms with Crippen LogP contribution in [0.5, 0.6) is 5.75 Å². The molecule has 17 nitrogen and oxygen atoms in total. The van der Waals surface area contributed by atoms with Crippen molar-refractivity contribution in [2.45, 2.75) is 108 Å². The third kappa shape index (κ3) is 9.64. The third-order valence-corrected chi connectivity index (χ3v) is 13.3. The quantitative estimate of drug-likeness (QED) is 0.106. The number of hydrogen-bond donors (Lipinski definition) is 4. The predicted molar refractivity (Wildman–Crippen MR) is 238 cm³/mol. The number of benzene rings is 2. The zero-order chi connectivity index (χ0) is 46.7. The van der Waals surface area contributed by atoms with Crippen LogP contribution >= 0.6 is 0 Å². The average molecular weight is 917 g/mol. The first kappa shape index (κ1) is 46.2. The zero-order valence-electron chi connectivity index (χ0n) is 37.1. The van der Waals surface area contributed by atoms with Gasteiger partial charge in [-0.3, -0.25) is 39.0 Å². The highest BCUT2D eigenvalue weighted by atomic mass is 19.3. The molecule has 0 bridgehead atoms. The first-order chi connectivity index (χ1) is 31.7. The highest BCUT2D eigenvalue weighted by molar-refractivity contribution is 6.25. The van der Waals surface area contributed by atoms with Crippen LogP contribution in [-0.4, -0.2) is 126 Å². The van der Waals surface area contributed by atoms with E-state index in [0.29, 0.717) is 37.9 Å². The van der Waals surface area contributed by atoms with Gasteiger partial charge in [-0.05, 0) is 69.7 Å². The van der Waals surface area contributed by atoms with Crippen molar-refractivity contribution in [2.24, 2.45) is 0 Å². The van der Waals surface area contributed by atoms with E-state index in [2.05, 4.69) is 36.1 Å². The van der Waals surface area contributed by atoms with Crippen LogP contribution in [0, 0.1) is 5.82 Å². The molecule has 4 aliphatic heterocycles. The number of nitrogens with zero attached hydrogens (tertiary/aromatic N) is 6. The van der Waals surface area contributed by atoms with Crippen LogP contribution in [0.3, 0.4) is 0 Å². The van der Waals surface area contributed by atoms with Crippen molar-refractivity contribution in [3.63, 3.8) is 0 Å². The number of aromatic nitrogens is 2. The summed E-state index contributed by atoms with van der Waals surface area (Å²) < 4.78 is 51.2. The van der Waals surface area contributed by atoms with E-state index in [9.17, 15) is 28.8 Å². The molecule has 66 heavy (non-hydrogen) atoms. The third-order valence-electron chi connectivity index (χ3n) is 13.3. The molecular weight excluding hydrogens is 862 g/mol. The van der Waals surface area contributed by atoms with Crippen LogP contribution in [0.15, 0.2) is 36.5 Å². The number of piperidine rings is 2. The van der Waals surface area contributed by atoms with Crippen LogP contribution in [0.1, 0.15) is 115 Å². The summed E-state index contributed by atoms with van der Waals surface area (Å²) in [5, 5.41) is 11.4. The van der Waals surface area contributed by atoms with Crippen LogP contribution in [0.2, 0.25) is 0 Å². The number of hydrogen-bond acceptors (Lipinski definition) is 13. The van der Waals surface area contributed by atoms with Crippen LogP contribution in [0.4, 0.5) is 42.0 Å². The second kappa shape index (κ2) is 19.7. The highest BCUT2D eigenvalue weighted by Gasteiger charge is 2.49. The van der Waals surface area contributed by atoms with Gasteiger partial charge in [0.05, 0.1) is 42.2 Å². The Labute approximate surface area is 380 Å². The first-order valence-electron chi connectivity index (χ1n) is 22.8. The van der Waals surface area contributed by atoms with Crippen LogP contribution < -0.4 is 35.8 Å². The zero-order valence-corrected chi connectivity index (χ0v) is 37.1. The number of alkyl halides is 2. The molecule has 2 saturated heterocycles. The number of anilines is 5. The lowest BCUT2D eigenvalue weighted by atomic mass is 10.0. The molecule has 1 unspecified atom stereocenters. The van der Waals surface area contributed by atoms with Crippen molar-refractivity contribution >= 4 is 64.3 Å². The number of methoxy groups -OCH3 is 1. The number of carbonyl (C=O) groups excluding carboxylic acids is 6. The Morgan fingerprint density at radius 1 is 0.939 bits per heavy atom. The van der Waals surface area contributed by atoms with Gasteiger partial charge in [-0.15, -0.1) is 0 Å². The summed E-state index contributed by atoms with van der Waals surface area (Å²) in [7, 11) is 2.64. The fourth-order valence-corrected chi connectivity index (χ4v) is 9.66. The van der Waals surface area contributed by atoms with Gasteiger partial charge >= 0.3 is 5.92 Å². The molecule has 0 spiro atoms. The predicted octanol–water partition coefficient (Wildman–Crippen LogP) is 5.39. The SMILES string of the molecule is COc1cc(C(=O)NC2CCN(CCCCCCCNc3cccc4c3C(=O)N(C3CCC(=O)NC3=O)C4=O)CC2)c(F)cc1Nc1ncc2c(n1)N(C1CCCC1)CC(F)(F)C(=O)N2C. The Balaban J connectivity index is 0.765. The van der Waals surface area contributed by atoms with Crippen molar-refractivity contribution in [1.82, 2.24) is 30.4 Å². The summed E-state index contributed by atoms with van der Waals surface area (Å²) in [6, 6.07) is 6.06. The maximum Gasteiger partial charge on any atom is 0.342 e. The molecule has 8 rings (SSSR count). The minimum Gasteiger partial charge on any atom is -0.495 e. The van der Waals surface area contributed by atoms with Crippen molar-refractivity contribution in [2.75, 3.05) is 67.3 Å². The number of nitrogens with one attached hydrogen (secondary N) is 4. The number of carbonyl (C=O) groups is 6. The molecule has 5 heterocycles. The lowest BCUT2D eigenvalue weighted by molar-refractivity contribution is -0.140. The van der Waals surface area contributed by atoms with Gasteiger partial charge in [0, 0.05) is 56.9 Å². The van der Waals surface area contributed by atoms with E-state index in [4.69, 9.17) is 4.74 Å². The minimum atomic E-state index is -3.63. The van der Waals surface area contributed by atoms with E-state index < -0.39 is 59.8 Å². The Bertz CT molecular complexity index is 2390. The number of fused-ring (bicyclic) bond motifs is 2. The van der Waals surface area contributed by atoms with Crippen molar-refractivity contribution in [3.8, 4) is 5.75 Å². The molecule has 1 aromatic heterocycles. The van der Waals surface area contributed by atoms with E-state index in [1.807, 2.05) is 0 Å². The lowest BCUT2D eigenvalue weighted by Crippen LogP contribution is -2.54. The van der Waals surface area contributed by atoms with Crippen molar-refractivity contribution < 1.29 is 46.7 Å². The maximum atomic E-state index is 15.6. The number of imide groups is 2. The first-order valence-corrected chi connectivity index (χ1v) is 22.8. The number of unbranched alkanes of at least 4 members (excludes halogenated alkanes) is 4. The molecule has 1 saturated carbocycles. The molecule has 6 amide bonds. The van der Waals surface area contributed by atoms with Crippen LogP contribution in [-0.2, 0) is 14.4 Å². The van der Waals surface area contributed by atoms with Gasteiger partial charge in [0.2, 0.25) is 17.8 Å². The summed E-state index contributed by atoms with van der Waals surface area (Å²) in [6.07, 6.45) is 10.9.